The van der Waals surface area contributed by atoms with Gasteiger partial charge in [0, 0.05) is 13.7 Å². The largest absolute Gasteiger partial charge is 0.375 e. The molecule has 20 heavy (non-hydrogen) atoms. The standard InChI is InChI=1S/C14H17NO3S2/c1-11-3-5-13(6-4-11)20(16,17)15-9-14(18-2)12-7-8-19-10-12/h3-8,10,14-15H,9H2,1-2H3. The maximum absolute atomic E-state index is 12.2. The normalized spacial score (nSPS) is 13.3. The summed E-state index contributed by atoms with van der Waals surface area (Å²) in [6, 6.07) is 8.69. The van der Waals surface area contributed by atoms with Crippen molar-refractivity contribution in [3.63, 3.8) is 0 Å². The molecular weight excluding hydrogens is 294 g/mol. The topological polar surface area (TPSA) is 55.4 Å². The minimum Gasteiger partial charge on any atom is -0.375 e. The van der Waals surface area contributed by atoms with Gasteiger partial charge in [0.15, 0.2) is 0 Å². The molecule has 1 aromatic heterocycles. The molecule has 1 aromatic carbocycles. The van der Waals surface area contributed by atoms with Crippen LogP contribution < -0.4 is 4.72 Å². The molecular formula is C14H17NO3S2. The smallest absolute Gasteiger partial charge is 0.240 e. The zero-order chi connectivity index (χ0) is 14.6. The number of thiophene rings is 1. The maximum Gasteiger partial charge on any atom is 0.240 e. The highest BCUT2D eigenvalue weighted by Gasteiger charge is 2.17. The third-order valence-corrected chi connectivity index (χ3v) is 5.13. The Balaban J connectivity index is 2.07. The van der Waals surface area contributed by atoms with E-state index in [-0.39, 0.29) is 17.5 Å². The monoisotopic (exact) mass is 311 g/mol. The third-order valence-electron chi connectivity index (χ3n) is 2.99. The summed E-state index contributed by atoms with van der Waals surface area (Å²) in [4.78, 5) is 0.267. The van der Waals surface area contributed by atoms with Crippen LogP contribution in [0.3, 0.4) is 0 Å². The van der Waals surface area contributed by atoms with E-state index in [1.165, 1.54) is 0 Å². The number of aryl methyl sites for hydroxylation is 1. The number of rotatable bonds is 6. The van der Waals surface area contributed by atoms with E-state index in [9.17, 15) is 8.42 Å². The summed E-state index contributed by atoms with van der Waals surface area (Å²) in [7, 11) is -1.93. The third kappa shape index (κ3) is 3.67. The summed E-state index contributed by atoms with van der Waals surface area (Å²) in [5, 5.41) is 3.89. The van der Waals surface area contributed by atoms with Gasteiger partial charge in [-0.25, -0.2) is 13.1 Å². The minimum absolute atomic E-state index is 0.212. The molecule has 0 aliphatic carbocycles. The lowest BCUT2D eigenvalue weighted by Crippen LogP contribution is -2.29. The molecule has 0 aliphatic heterocycles. The number of ether oxygens (including phenoxy) is 1. The molecule has 0 saturated carbocycles. The van der Waals surface area contributed by atoms with Crippen molar-refractivity contribution in [2.45, 2.75) is 17.9 Å². The van der Waals surface area contributed by atoms with Gasteiger partial charge >= 0.3 is 0 Å². The molecule has 2 aromatic rings. The molecule has 0 aliphatic rings. The van der Waals surface area contributed by atoms with Crippen LogP contribution >= 0.6 is 11.3 Å². The Morgan fingerprint density at radius 3 is 2.50 bits per heavy atom. The van der Waals surface area contributed by atoms with Gasteiger partial charge in [-0.3, -0.25) is 0 Å². The fourth-order valence-electron chi connectivity index (χ4n) is 1.78. The van der Waals surface area contributed by atoms with E-state index < -0.39 is 10.0 Å². The lowest BCUT2D eigenvalue weighted by molar-refractivity contribution is 0.107. The fourth-order valence-corrected chi connectivity index (χ4v) is 3.52. The van der Waals surface area contributed by atoms with Crippen LogP contribution in [-0.4, -0.2) is 22.1 Å². The molecule has 0 bridgehead atoms. The Labute approximate surface area is 123 Å². The average Bonchev–Trinajstić information content (AvgIpc) is 2.94. The molecule has 0 saturated heterocycles. The van der Waals surface area contributed by atoms with Gasteiger partial charge in [-0.2, -0.15) is 11.3 Å². The number of benzene rings is 1. The van der Waals surface area contributed by atoms with Crippen molar-refractivity contribution < 1.29 is 13.2 Å². The summed E-state index contributed by atoms with van der Waals surface area (Å²) in [6.07, 6.45) is -0.276. The second-order valence-corrected chi connectivity index (χ2v) is 6.99. The number of hydrogen-bond donors (Lipinski definition) is 1. The predicted octanol–water partition coefficient (Wildman–Crippen LogP) is 2.72. The quantitative estimate of drug-likeness (QED) is 0.892. The van der Waals surface area contributed by atoms with E-state index in [0.29, 0.717) is 0 Å². The number of sulfonamides is 1. The van der Waals surface area contributed by atoms with Gasteiger partial charge < -0.3 is 4.74 Å². The van der Waals surface area contributed by atoms with E-state index in [1.807, 2.05) is 23.8 Å². The van der Waals surface area contributed by atoms with Gasteiger partial charge in [-0.15, -0.1) is 0 Å². The highest BCUT2D eigenvalue weighted by molar-refractivity contribution is 7.89. The highest BCUT2D eigenvalue weighted by Crippen LogP contribution is 2.19. The van der Waals surface area contributed by atoms with E-state index >= 15 is 0 Å². The van der Waals surface area contributed by atoms with Gasteiger partial charge in [0.25, 0.3) is 0 Å². The lowest BCUT2D eigenvalue weighted by Gasteiger charge is -2.15. The van der Waals surface area contributed by atoms with Gasteiger partial charge in [0.05, 0.1) is 11.0 Å². The highest BCUT2D eigenvalue weighted by atomic mass is 32.2. The van der Waals surface area contributed by atoms with Crippen LogP contribution in [0.4, 0.5) is 0 Å². The molecule has 2 rings (SSSR count). The Hall–Kier alpha value is -1.21. The molecule has 1 heterocycles. The first-order valence-corrected chi connectivity index (χ1v) is 8.57. The van der Waals surface area contributed by atoms with Crippen LogP contribution in [0, 0.1) is 6.92 Å². The second kappa shape index (κ2) is 6.49. The van der Waals surface area contributed by atoms with Crippen LogP contribution in [0.1, 0.15) is 17.2 Å². The molecule has 0 spiro atoms. The van der Waals surface area contributed by atoms with Crippen molar-refractivity contribution in [1.29, 1.82) is 0 Å². The molecule has 0 amide bonds. The van der Waals surface area contributed by atoms with E-state index in [1.54, 1.807) is 42.7 Å². The summed E-state index contributed by atoms with van der Waals surface area (Å²) in [6.45, 7) is 2.13. The van der Waals surface area contributed by atoms with Crippen LogP contribution in [0.5, 0.6) is 0 Å². The number of nitrogens with one attached hydrogen (secondary N) is 1. The van der Waals surface area contributed by atoms with Crippen molar-refractivity contribution in [1.82, 2.24) is 4.72 Å². The summed E-state index contributed by atoms with van der Waals surface area (Å²) >= 11 is 1.56. The van der Waals surface area contributed by atoms with Crippen molar-refractivity contribution in [2.24, 2.45) is 0 Å². The Bertz CT molecular complexity index is 634. The predicted molar refractivity (Wildman–Crippen MR) is 80.4 cm³/mol. The van der Waals surface area contributed by atoms with Crippen molar-refractivity contribution in [3.05, 3.63) is 52.2 Å². The minimum atomic E-state index is -3.50. The van der Waals surface area contributed by atoms with Crippen LogP contribution in [0.15, 0.2) is 46.0 Å². The molecule has 0 radical (unpaired) electrons. The maximum atomic E-state index is 12.2. The summed E-state index contributed by atoms with van der Waals surface area (Å²) in [5.74, 6) is 0. The number of hydrogen-bond acceptors (Lipinski definition) is 4. The van der Waals surface area contributed by atoms with Crippen molar-refractivity contribution in [2.75, 3.05) is 13.7 Å². The zero-order valence-corrected chi connectivity index (χ0v) is 13.0. The molecule has 4 nitrogen and oxygen atoms in total. The molecule has 1 N–H and O–H groups in total. The van der Waals surface area contributed by atoms with E-state index in [2.05, 4.69) is 4.72 Å². The second-order valence-electron chi connectivity index (χ2n) is 4.45. The van der Waals surface area contributed by atoms with Gasteiger partial charge in [0.2, 0.25) is 10.0 Å². The summed E-state index contributed by atoms with van der Waals surface area (Å²) in [5.41, 5.74) is 2.00. The van der Waals surface area contributed by atoms with Crippen LogP contribution in [-0.2, 0) is 14.8 Å². The first-order valence-electron chi connectivity index (χ1n) is 6.14. The molecule has 1 unspecified atom stereocenters. The lowest BCUT2D eigenvalue weighted by atomic mass is 10.2. The van der Waals surface area contributed by atoms with Gasteiger partial charge in [-0.05, 0) is 41.4 Å². The molecule has 108 valence electrons. The first-order chi connectivity index (χ1) is 9.53. The van der Waals surface area contributed by atoms with Crippen molar-refractivity contribution >= 4 is 21.4 Å². The zero-order valence-electron chi connectivity index (χ0n) is 11.4. The number of methoxy groups -OCH3 is 1. The van der Waals surface area contributed by atoms with E-state index in [0.717, 1.165) is 11.1 Å². The molecule has 1 atom stereocenters. The SMILES string of the molecule is COC(CNS(=O)(=O)c1ccc(C)cc1)c1ccsc1. The molecule has 0 fully saturated rings. The van der Waals surface area contributed by atoms with Crippen LogP contribution in [0.2, 0.25) is 0 Å². The average molecular weight is 311 g/mol. The first kappa shape index (κ1) is 15.2. The Morgan fingerprint density at radius 1 is 1.25 bits per heavy atom. The Kier molecular flexibility index (Phi) is 4.93. The van der Waals surface area contributed by atoms with Crippen molar-refractivity contribution in [3.8, 4) is 0 Å². The van der Waals surface area contributed by atoms with Gasteiger partial charge in [-0.1, -0.05) is 17.7 Å². The molecule has 6 heteroatoms. The Morgan fingerprint density at radius 2 is 1.95 bits per heavy atom. The fraction of sp³-hybridized carbons (Fsp3) is 0.286. The van der Waals surface area contributed by atoms with Crippen LogP contribution in [0.25, 0.3) is 0 Å². The summed E-state index contributed by atoms with van der Waals surface area (Å²) < 4.78 is 32.2. The van der Waals surface area contributed by atoms with E-state index in [4.69, 9.17) is 4.74 Å². The van der Waals surface area contributed by atoms with Gasteiger partial charge in [0.1, 0.15) is 0 Å².